The Labute approximate surface area is 161 Å². The van der Waals surface area contributed by atoms with E-state index in [0.717, 1.165) is 27.2 Å². The Bertz CT molecular complexity index is 931. The molecule has 0 fully saturated rings. The van der Waals surface area contributed by atoms with Crippen LogP contribution in [0.25, 0.3) is 0 Å². The van der Waals surface area contributed by atoms with Crippen molar-refractivity contribution < 1.29 is 4.79 Å². The number of hydrogen-bond donors (Lipinski definition) is 2. The largest absolute Gasteiger partial charge is 0.323 e. The van der Waals surface area contributed by atoms with Crippen LogP contribution in [0.5, 0.6) is 0 Å². The summed E-state index contributed by atoms with van der Waals surface area (Å²) < 4.78 is 2.88. The van der Waals surface area contributed by atoms with Gasteiger partial charge in [-0.3, -0.25) is 4.68 Å². The number of aryl methyl sites for hydroxylation is 2. The Kier molecular flexibility index (Phi) is 5.42. The Morgan fingerprint density at radius 1 is 1.08 bits per heavy atom. The summed E-state index contributed by atoms with van der Waals surface area (Å²) in [6.45, 7) is 6.61. The summed E-state index contributed by atoms with van der Waals surface area (Å²) >= 11 is 3.38. The van der Waals surface area contributed by atoms with Gasteiger partial charge in [0.25, 0.3) is 0 Å². The highest BCUT2D eigenvalue weighted by molar-refractivity contribution is 9.10. The van der Waals surface area contributed by atoms with E-state index in [4.69, 9.17) is 0 Å². The third-order valence-electron chi connectivity index (χ3n) is 4.14. The minimum absolute atomic E-state index is 0.284. The van der Waals surface area contributed by atoms with E-state index < -0.39 is 0 Å². The molecule has 3 rings (SSSR count). The minimum atomic E-state index is -0.284. The summed E-state index contributed by atoms with van der Waals surface area (Å²) in [5, 5.41) is 10.3. The lowest BCUT2D eigenvalue weighted by Crippen LogP contribution is -2.20. The van der Waals surface area contributed by atoms with Crippen molar-refractivity contribution in [2.24, 2.45) is 0 Å². The van der Waals surface area contributed by atoms with E-state index in [0.29, 0.717) is 6.54 Å². The van der Waals surface area contributed by atoms with Crippen LogP contribution in [-0.4, -0.2) is 15.8 Å². The smallest absolute Gasteiger partial charge is 0.308 e. The zero-order valence-electron chi connectivity index (χ0n) is 15.0. The number of carbonyl (C=O) groups is 1. The monoisotopic (exact) mass is 412 g/mol. The lowest BCUT2D eigenvalue weighted by Gasteiger charge is -2.09. The molecule has 1 heterocycles. The summed E-state index contributed by atoms with van der Waals surface area (Å²) in [6.07, 6.45) is 0. The fourth-order valence-electron chi connectivity index (χ4n) is 2.82. The Balaban J connectivity index is 1.73. The first kappa shape index (κ1) is 18.2. The van der Waals surface area contributed by atoms with Crippen molar-refractivity contribution in [3.05, 3.63) is 75.5 Å². The summed E-state index contributed by atoms with van der Waals surface area (Å²) in [6, 6.07) is 15.5. The molecular weight excluding hydrogens is 392 g/mol. The zero-order chi connectivity index (χ0) is 18.7. The van der Waals surface area contributed by atoms with Crippen LogP contribution in [0.15, 0.2) is 53.0 Å². The molecule has 134 valence electrons. The standard InChI is InChI=1S/C20H21BrN4O/c1-13-5-4-6-16(11-13)12-25-15(3)19(14(2)24-25)23-20(26)22-18-9-7-17(21)8-10-18/h4-11H,12H2,1-3H3,(H2,22,23,26). The second-order valence-electron chi connectivity index (χ2n) is 6.28. The summed E-state index contributed by atoms with van der Waals surface area (Å²) in [7, 11) is 0. The van der Waals surface area contributed by atoms with Crippen molar-refractivity contribution in [3.63, 3.8) is 0 Å². The number of benzene rings is 2. The molecule has 5 nitrogen and oxygen atoms in total. The number of urea groups is 1. The van der Waals surface area contributed by atoms with Gasteiger partial charge in [0.15, 0.2) is 0 Å². The van der Waals surface area contributed by atoms with Gasteiger partial charge in [0.1, 0.15) is 0 Å². The number of amides is 2. The SMILES string of the molecule is Cc1cccc(Cn2nc(C)c(NC(=O)Nc3ccc(Br)cc3)c2C)c1. The third-order valence-corrected chi connectivity index (χ3v) is 4.67. The van der Waals surface area contributed by atoms with Crippen LogP contribution in [0.2, 0.25) is 0 Å². The molecule has 2 N–H and O–H groups in total. The number of rotatable bonds is 4. The minimum Gasteiger partial charge on any atom is -0.308 e. The van der Waals surface area contributed by atoms with E-state index in [-0.39, 0.29) is 6.03 Å². The van der Waals surface area contributed by atoms with Crippen LogP contribution in [-0.2, 0) is 6.54 Å². The highest BCUT2D eigenvalue weighted by Gasteiger charge is 2.14. The van der Waals surface area contributed by atoms with Gasteiger partial charge < -0.3 is 10.6 Å². The number of hydrogen-bond acceptors (Lipinski definition) is 2. The van der Waals surface area contributed by atoms with Gasteiger partial charge in [-0.15, -0.1) is 0 Å². The topological polar surface area (TPSA) is 59.0 Å². The number of halogens is 1. The molecule has 0 unspecified atom stereocenters. The van der Waals surface area contributed by atoms with Crippen molar-refractivity contribution in [3.8, 4) is 0 Å². The van der Waals surface area contributed by atoms with Crippen LogP contribution in [0.1, 0.15) is 22.5 Å². The van der Waals surface area contributed by atoms with E-state index in [1.165, 1.54) is 11.1 Å². The highest BCUT2D eigenvalue weighted by Crippen LogP contribution is 2.21. The maximum atomic E-state index is 12.3. The Morgan fingerprint density at radius 2 is 1.81 bits per heavy atom. The van der Waals surface area contributed by atoms with E-state index in [2.05, 4.69) is 56.8 Å². The maximum absolute atomic E-state index is 12.3. The van der Waals surface area contributed by atoms with Gasteiger partial charge in [-0.05, 0) is 50.6 Å². The summed E-state index contributed by atoms with van der Waals surface area (Å²) in [5.74, 6) is 0. The van der Waals surface area contributed by atoms with Crippen molar-refractivity contribution in [1.29, 1.82) is 0 Å². The summed E-state index contributed by atoms with van der Waals surface area (Å²) in [5.41, 5.74) is 5.59. The zero-order valence-corrected chi connectivity index (χ0v) is 16.6. The second kappa shape index (κ2) is 7.74. The molecule has 2 amide bonds. The molecule has 6 heteroatoms. The van der Waals surface area contributed by atoms with Crippen LogP contribution < -0.4 is 10.6 Å². The molecule has 0 saturated carbocycles. The first-order chi connectivity index (χ1) is 12.4. The van der Waals surface area contributed by atoms with Crippen LogP contribution >= 0.6 is 15.9 Å². The first-order valence-electron chi connectivity index (χ1n) is 8.35. The van der Waals surface area contributed by atoms with E-state index >= 15 is 0 Å². The molecule has 1 aromatic heterocycles. The van der Waals surface area contributed by atoms with Crippen molar-refractivity contribution in [1.82, 2.24) is 9.78 Å². The maximum Gasteiger partial charge on any atom is 0.323 e. The van der Waals surface area contributed by atoms with Crippen molar-refractivity contribution in [2.45, 2.75) is 27.3 Å². The van der Waals surface area contributed by atoms with Crippen molar-refractivity contribution >= 4 is 33.3 Å². The van der Waals surface area contributed by atoms with Crippen LogP contribution in [0, 0.1) is 20.8 Å². The summed E-state index contributed by atoms with van der Waals surface area (Å²) in [4.78, 5) is 12.3. The van der Waals surface area contributed by atoms with E-state index in [9.17, 15) is 4.79 Å². The van der Waals surface area contributed by atoms with Gasteiger partial charge in [-0.25, -0.2) is 4.79 Å². The Hall–Kier alpha value is -2.60. The Morgan fingerprint density at radius 3 is 2.50 bits per heavy atom. The second-order valence-corrected chi connectivity index (χ2v) is 7.19. The molecule has 0 atom stereocenters. The number of aromatic nitrogens is 2. The molecule has 0 aliphatic carbocycles. The van der Waals surface area contributed by atoms with Crippen LogP contribution in [0.4, 0.5) is 16.2 Å². The fraction of sp³-hybridized carbons (Fsp3) is 0.200. The molecule has 0 spiro atoms. The van der Waals surface area contributed by atoms with Gasteiger partial charge in [0, 0.05) is 10.2 Å². The van der Waals surface area contributed by atoms with E-state index in [1.54, 1.807) is 0 Å². The van der Waals surface area contributed by atoms with Gasteiger partial charge in [0.05, 0.1) is 23.6 Å². The van der Waals surface area contributed by atoms with Gasteiger partial charge in [-0.2, -0.15) is 5.10 Å². The van der Waals surface area contributed by atoms with E-state index in [1.807, 2.05) is 48.9 Å². The van der Waals surface area contributed by atoms with Crippen LogP contribution in [0.3, 0.4) is 0 Å². The first-order valence-corrected chi connectivity index (χ1v) is 9.15. The fourth-order valence-corrected chi connectivity index (χ4v) is 3.09. The average Bonchev–Trinajstić information content (AvgIpc) is 2.84. The quantitative estimate of drug-likeness (QED) is 0.613. The molecule has 0 bridgehead atoms. The predicted octanol–water partition coefficient (Wildman–Crippen LogP) is 5.26. The normalized spacial score (nSPS) is 10.6. The molecule has 0 radical (unpaired) electrons. The number of carbonyl (C=O) groups excluding carboxylic acids is 1. The lowest BCUT2D eigenvalue weighted by molar-refractivity contribution is 0.262. The number of nitrogens with zero attached hydrogens (tertiary/aromatic N) is 2. The highest BCUT2D eigenvalue weighted by atomic mass is 79.9. The predicted molar refractivity (Wildman–Crippen MR) is 109 cm³/mol. The lowest BCUT2D eigenvalue weighted by atomic mass is 10.1. The number of anilines is 2. The van der Waals surface area contributed by atoms with Gasteiger partial charge in [0.2, 0.25) is 0 Å². The molecule has 2 aromatic carbocycles. The van der Waals surface area contributed by atoms with Gasteiger partial charge in [-0.1, -0.05) is 45.8 Å². The number of nitrogens with one attached hydrogen (secondary N) is 2. The molecule has 0 saturated heterocycles. The third kappa shape index (κ3) is 4.32. The molecular formula is C20H21BrN4O. The van der Waals surface area contributed by atoms with Crippen molar-refractivity contribution in [2.75, 3.05) is 10.6 Å². The molecule has 3 aromatic rings. The van der Waals surface area contributed by atoms with Gasteiger partial charge >= 0.3 is 6.03 Å². The molecule has 26 heavy (non-hydrogen) atoms. The molecule has 0 aliphatic heterocycles. The average molecular weight is 413 g/mol. The molecule has 0 aliphatic rings.